The van der Waals surface area contributed by atoms with Gasteiger partial charge < -0.3 is 53.4 Å². The number of fused-ring (bicyclic) bond motifs is 1. The predicted octanol–water partition coefficient (Wildman–Crippen LogP) is 3.05. The van der Waals surface area contributed by atoms with Gasteiger partial charge in [-0.15, -0.1) is 35.8 Å². The van der Waals surface area contributed by atoms with Crippen molar-refractivity contribution < 1.29 is 143 Å². The van der Waals surface area contributed by atoms with E-state index in [-0.39, 0.29) is 134 Å². The third-order valence-electron chi connectivity index (χ3n) is 10.2. The number of hydrogen-bond acceptors (Lipinski definition) is 25. The van der Waals surface area contributed by atoms with Gasteiger partial charge in [-0.1, -0.05) is 12.1 Å². The second-order valence-corrected chi connectivity index (χ2v) is 18.8. The fraction of sp³-hybridized carbons (Fsp3) is 0.0682. The summed E-state index contributed by atoms with van der Waals surface area (Å²) in [5.41, 5.74) is -2.29. The molecular formula is C44H31N8Na3O18S3-. The summed E-state index contributed by atoms with van der Waals surface area (Å²) in [5, 5.41) is 82.5. The first kappa shape index (κ1) is 62.5. The van der Waals surface area contributed by atoms with Crippen LogP contribution < -0.4 is 73.3 Å². The van der Waals surface area contributed by atoms with Gasteiger partial charge in [0, 0.05) is 29.6 Å². The van der Waals surface area contributed by atoms with Gasteiger partial charge in [-0.2, -0.15) is 5.11 Å². The predicted molar refractivity (Wildman–Crippen MR) is 255 cm³/mol. The summed E-state index contributed by atoms with van der Waals surface area (Å²) in [6.07, 6.45) is 0. The Morgan fingerprint density at radius 2 is 0.974 bits per heavy atom. The van der Waals surface area contributed by atoms with Crippen molar-refractivity contribution in [3.63, 3.8) is 0 Å². The smallest absolute Gasteiger partial charge is 0.744 e. The number of methoxy groups -OCH3 is 3. The van der Waals surface area contributed by atoms with Crippen molar-refractivity contribution in [3.05, 3.63) is 109 Å². The molecule has 76 heavy (non-hydrogen) atoms. The molecular weight excluding hydrogens is 1090 g/mol. The Labute approximate surface area is 496 Å². The van der Waals surface area contributed by atoms with Crippen molar-refractivity contribution in [2.24, 2.45) is 40.9 Å². The average molecular weight is 1120 g/mol. The van der Waals surface area contributed by atoms with Gasteiger partial charge in [0.1, 0.15) is 93.1 Å². The minimum atomic E-state index is -5.58. The van der Waals surface area contributed by atoms with Gasteiger partial charge in [0.2, 0.25) is 0 Å². The van der Waals surface area contributed by atoms with Crippen molar-refractivity contribution in [3.8, 4) is 51.4 Å². The summed E-state index contributed by atoms with van der Waals surface area (Å²) in [6.45, 7) is 0. The zero-order chi connectivity index (χ0) is 53.2. The standard InChI is InChI=1S/C44H34N8O18S3.3Na/c1-68-35-13-7-25(71(59,60)61)19-31(35)49-51-40-34(54)12-10-30(42(40)55)48-50-32-20-26(72(62,63)64)14-23-17-38(73(65,66)67)41(43(56)39(23)32)52-47-29-9-5-22(16-37(29)70-3)21-4-8-28(36(15-21)69-2)46-45-24-6-11-33(53)27(18-24)44(57)58;;;/h4-20,53-56H,1-3H3,(H,57,58)(H,59,60,61)(H,62,63,64)(H,65,66,67);;;/q;;2*+1/p-3. The molecule has 0 aliphatic rings. The third kappa shape index (κ3) is 14.1. The molecule has 377 valence electrons. The molecule has 0 heterocycles. The van der Waals surface area contributed by atoms with E-state index in [0.717, 1.165) is 42.5 Å². The van der Waals surface area contributed by atoms with E-state index in [1.54, 1.807) is 18.2 Å². The van der Waals surface area contributed by atoms with Gasteiger partial charge in [0.05, 0.1) is 52.8 Å². The summed E-state index contributed by atoms with van der Waals surface area (Å²) in [6, 6.07) is 19.4. The van der Waals surface area contributed by atoms with Crippen molar-refractivity contribution in [2.45, 2.75) is 14.7 Å². The Bertz CT molecular complexity index is 3910. The maximum Gasteiger partial charge on any atom is 1.00 e. The Morgan fingerprint density at radius 1 is 0.474 bits per heavy atom. The number of phenolic OH excluding ortho intramolecular Hbond substituents is 3. The number of carbonyl (C=O) groups is 1. The monoisotopic (exact) mass is 1120 g/mol. The number of phenols is 4. The molecule has 7 rings (SSSR count). The van der Waals surface area contributed by atoms with Gasteiger partial charge in [-0.25, -0.2) is 30.0 Å². The maximum atomic E-state index is 12.7. The van der Waals surface area contributed by atoms with Gasteiger partial charge in [-0.3, -0.25) is 0 Å². The van der Waals surface area contributed by atoms with Crippen LogP contribution in [0.1, 0.15) is 10.4 Å². The van der Waals surface area contributed by atoms with E-state index in [9.17, 15) is 69.2 Å². The molecule has 7 aromatic rings. The molecule has 32 heteroatoms. The summed E-state index contributed by atoms with van der Waals surface area (Å²) in [5.74, 6) is -4.45. The zero-order valence-corrected chi connectivity index (χ0v) is 48.6. The number of rotatable bonds is 16. The quantitative estimate of drug-likeness (QED) is 0.0527. The number of hydrogen-bond donors (Lipinski definition) is 5. The van der Waals surface area contributed by atoms with Crippen LogP contribution in [0.15, 0.2) is 159 Å². The number of azo groups is 4. The number of carboxylic acid groups (broad SMARTS) is 1. The van der Waals surface area contributed by atoms with Crippen LogP contribution >= 0.6 is 0 Å². The fourth-order valence-corrected chi connectivity index (χ4v) is 8.32. The molecule has 0 aliphatic carbocycles. The second-order valence-electron chi connectivity index (χ2n) is 14.7. The number of benzene rings is 7. The molecule has 0 fully saturated rings. The van der Waals surface area contributed by atoms with Crippen LogP contribution in [0.5, 0.6) is 40.2 Å². The normalized spacial score (nSPS) is 11.9. The minimum absolute atomic E-state index is 0. The van der Waals surface area contributed by atoms with Gasteiger partial charge in [0.25, 0.3) is 0 Å². The first-order chi connectivity index (χ1) is 34.4. The summed E-state index contributed by atoms with van der Waals surface area (Å²) in [4.78, 5) is 8.44. The second kappa shape index (κ2) is 25.4. The van der Waals surface area contributed by atoms with Crippen LogP contribution in [-0.4, -0.2) is 121 Å². The number of carboxylic acids is 1. The topological polar surface area (TPSA) is 416 Å². The number of aromatic hydroxyl groups is 4. The van der Waals surface area contributed by atoms with E-state index in [1.807, 2.05) is 0 Å². The number of nitrogens with zero attached hydrogens (tertiary/aromatic N) is 8. The molecule has 26 nitrogen and oxygen atoms in total. The molecule has 7 aromatic carbocycles. The molecule has 0 saturated heterocycles. The largest absolute Gasteiger partial charge is 1.00 e. The minimum Gasteiger partial charge on any atom is -0.744 e. The SMILES string of the molecule is COc1cc(-c2ccc(N=Nc3c(S(=O)(=O)[O-])cc4cc(S(=O)(=O)[O-])cc(N=Nc5ccc(O)c(N=Nc6cc(S(=O)(=O)[O-])ccc6OC)c5O)c4c3O)c(OC)c2)ccc1N=Nc1ccc(O)c(C(=O)O)c1.[Na+].[Na+].[Na]. The molecule has 1 radical (unpaired) electrons. The van der Waals surface area contributed by atoms with Crippen LogP contribution in [0.2, 0.25) is 0 Å². The van der Waals surface area contributed by atoms with E-state index in [0.29, 0.717) is 29.3 Å². The van der Waals surface area contributed by atoms with E-state index >= 15 is 0 Å². The number of aromatic carboxylic acids is 1. The molecule has 5 N–H and O–H groups in total. The van der Waals surface area contributed by atoms with Crippen LogP contribution in [0.25, 0.3) is 21.9 Å². The first-order valence-corrected chi connectivity index (χ1v) is 24.2. The van der Waals surface area contributed by atoms with Crippen LogP contribution in [-0.2, 0) is 30.4 Å². The number of ether oxygens (including phenoxy) is 3. The Hall–Kier alpha value is -6.00. The molecule has 0 atom stereocenters. The van der Waals surface area contributed by atoms with E-state index in [4.69, 9.17) is 14.2 Å². The van der Waals surface area contributed by atoms with Crippen molar-refractivity contribution in [1.29, 1.82) is 0 Å². The van der Waals surface area contributed by atoms with Crippen molar-refractivity contribution in [2.75, 3.05) is 21.3 Å². The summed E-state index contributed by atoms with van der Waals surface area (Å²) < 4.78 is 126. The molecule has 0 bridgehead atoms. The van der Waals surface area contributed by atoms with Gasteiger partial charge in [0.15, 0.2) is 17.2 Å². The van der Waals surface area contributed by atoms with E-state index in [2.05, 4.69) is 40.9 Å². The maximum absolute atomic E-state index is 12.7. The Kier molecular flexibility index (Phi) is 20.9. The Morgan fingerprint density at radius 3 is 1.53 bits per heavy atom. The molecule has 0 aliphatic heterocycles. The van der Waals surface area contributed by atoms with E-state index in [1.165, 1.54) is 45.6 Å². The van der Waals surface area contributed by atoms with Crippen LogP contribution in [0, 0.1) is 0 Å². The van der Waals surface area contributed by atoms with Gasteiger partial charge in [-0.05, 0) is 108 Å². The molecule has 0 spiro atoms. The van der Waals surface area contributed by atoms with Gasteiger partial charge >= 0.3 is 65.1 Å². The Balaban J connectivity index is 0.00000416. The summed E-state index contributed by atoms with van der Waals surface area (Å²) >= 11 is 0. The van der Waals surface area contributed by atoms with Crippen LogP contribution in [0.3, 0.4) is 0 Å². The van der Waals surface area contributed by atoms with Crippen molar-refractivity contribution in [1.82, 2.24) is 0 Å². The molecule has 0 aromatic heterocycles. The average Bonchev–Trinajstić information content (AvgIpc) is 3.34. The third-order valence-corrected chi connectivity index (χ3v) is 12.7. The van der Waals surface area contributed by atoms with E-state index < -0.39 is 108 Å². The first-order valence-electron chi connectivity index (χ1n) is 20.0. The summed E-state index contributed by atoms with van der Waals surface area (Å²) in [7, 11) is -12.1. The van der Waals surface area contributed by atoms with Crippen LogP contribution in [0.4, 0.5) is 45.5 Å². The zero-order valence-electron chi connectivity index (χ0n) is 40.2. The molecule has 0 unspecified atom stereocenters. The molecule has 0 saturated carbocycles. The molecule has 0 amide bonds. The van der Waals surface area contributed by atoms with Crippen molar-refractivity contribution >= 4 is 122 Å². The fourth-order valence-electron chi connectivity index (χ4n) is 6.65.